The first-order chi connectivity index (χ1) is 15.8. The highest BCUT2D eigenvalue weighted by atomic mass is 35.5. The molecule has 3 heterocycles. The Morgan fingerprint density at radius 1 is 0.970 bits per heavy atom. The van der Waals surface area contributed by atoms with Crippen LogP contribution in [0.3, 0.4) is 0 Å². The Kier molecular flexibility index (Phi) is 5.30. The summed E-state index contributed by atoms with van der Waals surface area (Å²) in [5.74, 6) is 1.85. The van der Waals surface area contributed by atoms with Gasteiger partial charge < -0.3 is 19.4 Å². The van der Waals surface area contributed by atoms with Gasteiger partial charge in [0.2, 0.25) is 12.7 Å². The van der Waals surface area contributed by atoms with Gasteiger partial charge in [-0.3, -0.25) is 13.9 Å². The zero-order valence-electron chi connectivity index (χ0n) is 17.8. The highest BCUT2D eigenvalue weighted by Gasteiger charge is 2.19. The minimum Gasteiger partial charge on any atom is -0.454 e. The number of ether oxygens (including phenoxy) is 2. The van der Waals surface area contributed by atoms with E-state index in [2.05, 4.69) is 10.3 Å². The lowest BCUT2D eigenvalue weighted by molar-refractivity contribution is 0.174. The summed E-state index contributed by atoms with van der Waals surface area (Å²) in [6.07, 6.45) is 0. The van der Waals surface area contributed by atoms with E-state index in [0.29, 0.717) is 50.8 Å². The summed E-state index contributed by atoms with van der Waals surface area (Å²) in [5.41, 5.74) is 1.34. The predicted molar refractivity (Wildman–Crippen MR) is 126 cm³/mol. The molecule has 11 heteroatoms. The number of nitrogens with one attached hydrogen (secondary N) is 1. The molecule has 0 aliphatic carbocycles. The van der Waals surface area contributed by atoms with Gasteiger partial charge in [0.25, 0.3) is 5.56 Å². The van der Waals surface area contributed by atoms with Crippen LogP contribution in [0.5, 0.6) is 11.5 Å². The number of halogens is 2. The van der Waals surface area contributed by atoms with Crippen LogP contribution >= 0.6 is 23.2 Å². The summed E-state index contributed by atoms with van der Waals surface area (Å²) in [4.78, 5) is 30.7. The third-order valence-electron chi connectivity index (χ3n) is 5.57. The molecule has 0 bridgehead atoms. The highest BCUT2D eigenvalue weighted by molar-refractivity contribution is 6.42. The molecular formula is C22H19Cl2N5O4. The van der Waals surface area contributed by atoms with E-state index in [1.54, 1.807) is 36.9 Å². The third-order valence-corrected chi connectivity index (χ3v) is 6.31. The Morgan fingerprint density at radius 3 is 2.52 bits per heavy atom. The van der Waals surface area contributed by atoms with Gasteiger partial charge in [-0.05, 0) is 35.4 Å². The van der Waals surface area contributed by atoms with Gasteiger partial charge in [-0.1, -0.05) is 35.3 Å². The molecule has 0 saturated carbocycles. The first-order valence-electron chi connectivity index (χ1n) is 10.1. The van der Waals surface area contributed by atoms with Crippen molar-refractivity contribution in [1.82, 2.24) is 18.7 Å². The van der Waals surface area contributed by atoms with E-state index in [9.17, 15) is 9.59 Å². The van der Waals surface area contributed by atoms with Gasteiger partial charge in [0.05, 0.1) is 16.6 Å². The van der Waals surface area contributed by atoms with Crippen LogP contribution in [0.25, 0.3) is 11.2 Å². The minimum absolute atomic E-state index is 0.0590. The molecule has 0 atom stereocenters. The molecular weight excluding hydrogens is 469 g/mol. The average molecular weight is 488 g/mol. The van der Waals surface area contributed by atoms with Gasteiger partial charge >= 0.3 is 5.69 Å². The van der Waals surface area contributed by atoms with Gasteiger partial charge in [0, 0.05) is 20.6 Å². The number of rotatable bonds is 5. The third kappa shape index (κ3) is 3.73. The van der Waals surface area contributed by atoms with E-state index in [1.165, 1.54) is 4.57 Å². The van der Waals surface area contributed by atoms with E-state index in [1.807, 2.05) is 18.2 Å². The fourth-order valence-corrected chi connectivity index (χ4v) is 4.11. The molecule has 170 valence electrons. The summed E-state index contributed by atoms with van der Waals surface area (Å²) >= 11 is 12.1. The van der Waals surface area contributed by atoms with Crippen molar-refractivity contribution in [2.24, 2.45) is 14.1 Å². The van der Waals surface area contributed by atoms with Gasteiger partial charge in [0.1, 0.15) is 0 Å². The zero-order chi connectivity index (χ0) is 23.3. The average Bonchev–Trinajstić information content (AvgIpc) is 3.40. The number of nitrogens with zero attached hydrogens (tertiary/aromatic N) is 4. The number of hydrogen-bond donors (Lipinski definition) is 1. The Balaban J connectivity index is 1.49. The lowest BCUT2D eigenvalue weighted by Gasteiger charge is -2.09. The van der Waals surface area contributed by atoms with Crippen molar-refractivity contribution in [2.45, 2.75) is 13.1 Å². The van der Waals surface area contributed by atoms with Crippen molar-refractivity contribution in [3.63, 3.8) is 0 Å². The quantitative estimate of drug-likeness (QED) is 0.464. The number of aryl methyl sites for hydroxylation is 2. The smallest absolute Gasteiger partial charge is 0.332 e. The van der Waals surface area contributed by atoms with E-state index < -0.39 is 11.2 Å². The van der Waals surface area contributed by atoms with Crippen molar-refractivity contribution in [2.75, 3.05) is 12.1 Å². The monoisotopic (exact) mass is 487 g/mol. The molecule has 5 rings (SSSR count). The molecule has 1 aliphatic heterocycles. The molecule has 33 heavy (non-hydrogen) atoms. The van der Waals surface area contributed by atoms with E-state index in [-0.39, 0.29) is 13.3 Å². The van der Waals surface area contributed by atoms with E-state index in [0.717, 1.165) is 10.1 Å². The Bertz CT molecular complexity index is 1520. The highest BCUT2D eigenvalue weighted by Crippen LogP contribution is 2.32. The number of aromatic nitrogens is 4. The molecule has 0 unspecified atom stereocenters. The largest absolute Gasteiger partial charge is 0.454 e. The Morgan fingerprint density at radius 2 is 1.73 bits per heavy atom. The van der Waals surface area contributed by atoms with Crippen molar-refractivity contribution >= 4 is 40.3 Å². The van der Waals surface area contributed by atoms with Gasteiger partial charge in [-0.25, -0.2) is 4.79 Å². The van der Waals surface area contributed by atoms with E-state index >= 15 is 0 Å². The summed E-state index contributed by atoms with van der Waals surface area (Å²) in [6, 6.07) is 10.7. The van der Waals surface area contributed by atoms with Crippen LogP contribution in [0.2, 0.25) is 10.0 Å². The maximum Gasteiger partial charge on any atom is 0.332 e. The molecule has 2 aromatic heterocycles. The number of hydrogen-bond acceptors (Lipinski definition) is 6. The first kappa shape index (κ1) is 21.4. The summed E-state index contributed by atoms with van der Waals surface area (Å²) < 4.78 is 14.9. The van der Waals surface area contributed by atoms with Gasteiger partial charge in [0.15, 0.2) is 22.7 Å². The molecule has 1 N–H and O–H groups in total. The van der Waals surface area contributed by atoms with Crippen molar-refractivity contribution < 1.29 is 9.47 Å². The van der Waals surface area contributed by atoms with Crippen LogP contribution in [0.15, 0.2) is 46.0 Å². The standard InChI is InChI=1S/C22H19Cl2N5O4/c1-27-18-19(26-21(27)25-9-12-4-6-16-17(8-12)33-11-32-16)28(2)22(31)29(20(18)30)10-13-3-5-14(23)15(24)7-13/h3-8H,9-11H2,1-2H3,(H,25,26). The van der Waals surface area contributed by atoms with Gasteiger partial charge in [-0.15, -0.1) is 0 Å². The van der Waals surface area contributed by atoms with Crippen molar-refractivity contribution in [3.05, 3.63) is 78.4 Å². The second-order valence-corrected chi connectivity index (χ2v) is 8.50. The number of imidazole rings is 1. The first-order valence-corrected chi connectivity index (χ1v) is 10.8. The van der Waals surface area contributed by atoms with Crippen molar-refractivity contribution in [3.8, 4) is 11.5 Å². The molecule has 9 nitrogen and oxygen atoms in total. The van der Waals surface area contributed by atoms with Crippen LogP contribution in [-0.4, -0.2) is 25.5 Å². The van der Waals surface area contributed by atoms with Gasteiger partial charge in [-0.2, -0.15) is 4.98 Å². The molecule has 0 radical (unpaired) electrons. The van der Waals surface area contributed by atoms with Crippen LogP contribution in [0, 0.1) is 0 Å². The van der Waals surface area contributed by atoms with Crippen LogP contribution in [0.1, 0.15) is 11.1 Å². The number of fused-ring (bicyclic) bond motifs is 2. The predicted octanol–water partition coefficient (Wildman–Crippen LogP) is 3.13. The summed E-state index contributed by atoms with van der Waals surface area (Å²) in [7, 11) is 3.32. The molecule has 2 aromatic carbocycles. The number of anilines is 1. The Labute approximate surface area is 197 Å². The van der Waals surface area contributed by atoms with E-state index in [4.69, 9.17) is 32.7 Å². The second kappa shape index (κ2) is 8.17. The number of benzene rings is 2. The molecule has 0 fully saturated rings. The Hall–Kier alpha value is -3.43. The molecule has 4 aromatic rings. The lowest BCUT2D eigenvalue weighted by Crippen LogP contribution is -2.39. The van der Waals surface area contributed by atoms with Crippen molar-refractivity contribution in [1.29, 1.82) is 0 Å². The maximum absolute atomic E-state index is 13.3. The fraction of sp³-hybridized carbons (Fsp3) is 0.227. The normalized spacial score (nSPS) is 12.5. The zero-order valence-corrected chi connectivity index (χ0v) is 19.3. The molecule has 0 amide bonds. The summed E-state index contributed by atoms with van der Waals surface area (Å²) in [6.45, 7) is 0.711. The van der Waals surface area contributed by atoms with Crippen LogP contribution < -0.4 is 26.0 Å². The maximum atomic E-state index is 13.3. The second-order valence-electron chi connectivity index (χ2n) is 7.69. The van der Waals surface area contributed by atoms with Crippen LogP contribution in [0.4, 0.5) is 5.95 Å². The SMILES string of the molecule is Cn1c(NCc2ccc3c(c2)OCO3)nc2c1c(=O)n(Cc1ccc(Cl)c(Cl)c1)c(=O)n2C. The minimum atomic E-state index is -0.473. The topological polar surface area (TPSA) is 92.3 Å². The molecule has 1 aliphatic rings. The summed E-state index contributed by atoms with van der Waals surface area (Å²) in [5, 5.41) is 3.99. The molecule has 0 spiro atoms. The lowest BCUT2D eigenvalue weighted by atomic mass is 10.2. The molecule has 0 saturated heterocycles. The van der Waals surface area contributed by atoms with Crippen LogP contribution in [-0.2, 0) is 27.2 Å². The fourth-order valence-electron chi connectivity index (χ4n) is 3.79.